The van der Waals surface area contributed by atoms with Crippen molar-refractivity contribution in [1.82, 2.24) is 9.88 Å². The first-order valence-corrected chi connectivity index (χ1v) is 9.24. The van der Waals surface area contributed by atoms with Crippen molar-refractivity contribution in [3.05, 3.63) is 40.9 Å². The lowest BCUT2D eigenvalue weighted by molar-refractivity contribution is -0.122. The third-order valence-electron chi connectivity index (χ3n) is 3.94. The number of anilines is 1. The number of hydrogen-bond acceptors (Lipinski definition) is 7. The highest BCUT2D eigenvalue weighted by Crippen LogP contribution is 2.19. The van der Waals surface area contributed by atoms with Crippen molar-refractivity contribution in [2.24, 2.45) is 0 Å². The van der Waals surface area contributed by atoms with Crippen molar-refractivity contribution in [1.29, 1.82) is 5.26 Å². The Hall–Kier alpha value is -2.47. The first kappa shape index (κ1) is 18.3. The lowest BCUT2D eigenvalue weighted by atomic mass is 10.2. The van der Waals surface area contributed by atoms with Crippen molar-refractivity contribution in [2.75, 3.05) is 31.6 Å². The van der Waals surface area contributed by atoms with Crippen LogP contribution in [0.1, 0.15) is 18.2 Å². The molecule has 0 spiro atoms. The zero-order chi connectivity index (χ0) is 18.4. The second kappa shape index (κ2) is 8.76. The maximum Gasteiger partial charge on any atom is 0.266 e. The molecule has 1 N–H and O–H groups in total. The van der Waals surface area contributed by atoms with E-state index >= 15 is 0 Å². The van der Waals surface area contributed by atoms with Crippen molar-refractivity contribution >= 4 is 22.4 Å². The highest BCUT2D eigenvalue weighted by Gasteiger charge is 2.17. The second-order valence-corrected chi connectivity index (χ2v) is 6.78. The Morgan fingerprint density at radius 3 is 2.85 bits per heavy atom. The van der Waals surface area contributed by atoms with Gasteiger partial charge in [0.2, 0.25) is 0 Å². The van der Waals surface area contributed by atoms with Crippen molar-refractivity contribution in [3.8, 4) is 11.8 Å². The summed E-state index contributed by atoms with van der Waals surface area (Å²) < 4.78 is 10.9. The van der Waals surface area contributed by atoms with Gasteiger partial charge in [0.15, 0.2) is 11.2 Å². The van der Waals surface area contributed by atoms with Crippen molar-refractivity contribution in [3.63, 3.8) is 0 Å². The molecule has 1 aliphatic heterocycles. The molecule has 136 valence electrons. The number of benzene rings is 1. The molecule has 1 amide bonds. The average Bonchev–Trinajstić information content (AvgIpc) is 3.10. The van der Waals surface area contributed by atoms with Crippen molar-refractivity contribution < 1.29 is 14.3 Å². The summed E-state index contributed by atoms with van der Waals surface area (Å²) in [6, 6.07) is 8.69. The number of nitrogens with one attached hydrogen (secondary N) is 1. The molecule has 1 unspecified atom stereocenters. The predicted molar refractivity (Wildman–Crippen MR) is 98.1 cm³/mol. The van der Waals surface area contributed by atoms with Crippen LogP contribution in [0.25, 0.3) is 0 Å². The summed E-state index contributed by atoms with van der Waals surface area (Å²) in [7, 11) is 0. The number of rotatable bonds is 6. The van der Waals surface area contributed by atoms with Gasteiger partial charge in [-0.05, 0) is 31.2 Å². The Morgan fingerprint density at radius 2 is 2.15 bits per heavy atom. The number of morpholine rings is 1. The number of hydrogen-bond donors (Lipinski definition) is 1. The molecule has 8 heteroatoms. The number of nitriles is 1. The average molecular weight is 372 g/mol. The van der Waals surface area contributed by atoms with E-state index in [4.69, 9.17) is 14.7 Å². The summed E-state index contributed by atoms with van der Waals surface area (Å²) in [5, 5.41) is 14.1. The highest BCUT2D eigenvalue weighted by atomic mass is 32.1. The lowest BCUT2D eigenvalue weighted by Gasteiger charge is -2.25. The third kappa shape index (κ3) is 5.02. The molecule has 2 aromatic rings. The van der Waals surface area contributed by atoms with E-state index in [1.54, 1.807) is 31.2 Å². The number of aromatic nitrogens is 1. The molecule has 2 heterocycles. The molecule has 1 aromatic carbocycles. The van der Waals surface area contributed by atoms with Gasteiger partial charge in [-0.1, -0.05) is 0 Å². The first-order valence-electron chi connectivity index (χ1n) is 8.36. The van der Waals surface area contributed by atoms with Gasteiger partial charge in [0, 0.05) is 25.0 Å². The van der Waals surface area contributed by atoms with E-state index in [0.717, 1.165) is 38.5 Å². The smallest absolute Gasteiger partial charge is 0.266 e. The van der Waals surface area contributed by atoms with Gasteiger partial charge in [-0.2, -0.15) is 5.26 Å². The lowest BCUT2D eigenvalue weighted by Crippen LogP contribution is -2.35. The van der Waals surface area contributed by atoms with Crippen LogP contribution in [0, 0.1) is 11.3 Å². The van der Waals surface area contributed by atoms with Crippen LogP contribution in [0.3, 0.4) is 0 Å². The van der Waals surface area contributed by atoms with Crippen LogP contribution >= 0.6 is 11.3 Å². The standard InChI is InChI=1S/C18H20N4O3S/c1-13(25-16-4-2-14(10-19)3-5-16)17(23)21-18-20-15(12-26-18)11-22-6-8-24-9-7-22/h2-5,12-13H,6-9,11H2,1H3,(H,20,21,23). The van der Waals surface area contributed by atoms with Crippen LogP contribution in [-0.2, 0) is 16.1 Å². The largest absolute Gasteiger partial charge is 0.481 e. The maximum atomic E-state index is 12.3. The van der Waals surface area contributed by atoms with E-state index in [9.17, 15) is 4.79 Å². The minimum atomic E-state index is -0.672. The summed E-state index contributed by atoms with van der Waals surface area (Å²) in [6.07, 6.45) is -0.672. The molecule has 1 aliphatic rings. The van der Waals surface area contributed by atoms with E-state index in [0.29, 0.717) is 16.4 Å². The SMILES string of the molecule is CC(Oc1ccc(C#N)cc1)C(=O)Nc1nc(CN2CCOCC2)cs1. The number of nitrogens with zero attached hydrogens (tertiary/aromatic N) is 3. The van der Waals surface area contributed by atoms with Crippen LogP contribution in [0.4, 0.5) is 5.13 Å². The normalized spacial score (nSPS) is 15.8. The molecule has 7 nitrogen and oxygen atoms in total. The number of carbonyl (C=O) groups excluding carboxylic acids is 1. The fourth-order valence-electron chi connectivity index (χ4n) is 2.50. The van der Waals surface area contributed by atoms with Gasteiger partial charge in [0.05, 0.1) is 30.5 Å². The summed E-state index contributed by atoms with van der Waals surface area (Å²) in [6.45, 7) is 5.72. The van der Waals surface area contributed by atoms with Gasteiger partial charge >= 0.3 is 0 Å². The Morgan fingerprint density at radius 1 is 1.42 bits per heavy atom. The fraction of sp³-hybridized carbons (Fsp3) is 0.389. The molecule has 1 aromatic heterocycles. The molecule has 26 heavy (non-hydrogen) atoms. The van der Waals surface area contributed by atoms with E-state index < -0.39 is 6.10 Å². The van der Waals surface area contributed by atoms with E-state index in [2.05, 4.69) is 15.2 Å². The minimum absolute atomic E-state index is 0.262. The topological polar surface area (TPSA) is 87.5 Å². The number of carbonyl (C=O) groups is 1. The number of thiazole rings is 1. The molecule has 0 saturated carbocycles. The molecular weight excluding hydrogens is 352 g/mol. The van der Waals surface area contributed by atoms with Gasteiger partial charge in [0.1, 0.15) is 5.75 Å². The Balaban J connectivity index is 1.51. The highest BCUT2D eigenvalue weighted by molar-refractivity contribution is 7.13. The summed E-state index contributed by atoms with van der Waals surface area (Å²) >= 11 is 1.40. The molecule has 1 saturated heterocycles. The van der Waals surface area contributed by atoms with Gasteiger partial charge in [-0.25, -0.2) is 4.98 Å². The molecule has 1 atom stereocenters. The van der Waals surface area contributed by atoms with Gasteiger partial charge in [0.25, 0.3) is 5.91 Å². The Kier molecular flexibility index (Phi) is 6.17. The van der Waals surface area contributed by atoms with Gasteiger partial charge in [-0.3, -0.25) is 15.0 Å². The number of amides is 1. The zero-order valence-electron chi connectivity index (χ0n) is 14.5. The van der Waals surface area contributed by atoms with Crippen LogP contribution in [-0.4, -0.2) is 48.2 Å². The first-order chi connectivity index (χ1) is 12.6. The molecule has 3 rings (SSSR count). The molecule has 0 bridgehead atoms. The minimum Gasteiger partial charge on any atom is -0.481 e. The van der Waals surface area contributed by atoms with Crippen LogP contribution in [0.5, 0.6) is 5.75 Å². The van der Waals surface area contributed by atoms with Crippen LogP contribution < -0.4 is 10.1 Å². The molecule has 0 radical (unpaired) electrons. The van der Waals surface area contributed by atoms with Gasteiger partial charge in [-0.15, -0.1) is 11.3 Å². The van der Waals surface area contributed by atoms with Crippen LogP contribution in [0.15, 0.2) is 29.6 Å². The van der Waals surface area contributed by atoms with E-state index in [1.807, 2.05) is 11.4 Å². The Labute approximate surface area is 156 Å². The summed E-state index contributed by atoms with van der Waals surface area (Å²) in [5.41, 5.74) is 1.48. The quantitative estimate of drug-likeness (QED) is 0.837. The maximum absolute atomic E-state index is 12.3. The van der Waals surface area contributed by atoms with Gasteiger partial charge < -0.3 is 9.47 Å². The summed E-state index contributed by atoms with van der Waals surface area (Å²) in [4.78, 5) is 19.0. The fourth-order valence-corrected chi connectivity index (χ4v) is 3.20. The van der Waals surface area contributed by atoms with Crippen molar-refractivity contribution in [2.45, 2.75) is 19.6 Å². The number of ether oxygens (including phenoxy) is 2. The van der Waals surface area contributed by atoms with E-state index in [-0.39, 0.29) is 5.91 Å². The predicted octanol–water partition coefficient (Wildman–Crippen LogP) is 2.25. The third-order valence-corrected chi connectivity index (χ3v) is 4.74. The molecule has 0 aliphatic carbocycles. The Bertz CT molecular complexity index is 778. The van der Waals surface area contributed by atoms with E-state index in [1.165, 1.54) is 11.3 Å². The molecule has 1 fully saturated rings. The molecular formula is C18H20N4O3S. The monoisotopic (exact) mass is 372 g/mol. The summed E-state index contributed by atoms with van der Waals surface area (Å²) in [5.74, 6) is 0.278. The zero-order valence-corrected chi connectivity index (χ0v) is 15.3. The van der Waals surface area contributed by atoms with Crippen LogP contribution in [0.2, 0.25) is 0 Å². The second-order valence-electron chi connectivity index (χ2n) is 5.92.